The van der Waals surface area contributed by atoms with Crippen LogP contribution in [0.15, 0.2) is 12.7 Å². The van der Waals surface area contributed by atoms with Crippen LogP contribution in [-0.2, 0) is 14.3 Å². The number of carbonyl (C=O) groups excluding carboxylic acids is 2. The highest BCUT2D eigenvalue weighted by molar-refractivity contribution is 5.87. The van der Waals surface area contributed by atoms with Gasteiger partial charge >= 0.3 is 12.1 Å². The van der Waals surface area contributed by atoms with Crippen LogP contribution in [0.5, 0.6) is 0 Å². The van der Waals surface area contributed by atoms with Gasteiger partial charge in [-0.3, -0.25) is 0 Å². The number of unbranched alkanes of at least 4 members (excludes halogenated alkanes) is 1. The molecule has 2 fully saturated rings. The van der Waals surface area contributed by atoms with Crippen LogP contribution in [-0.4, -0.2) is 30.3 Å². The predicted molar refractivity (Wildman–Crippen MR) is 51.1 cm³/mol. The molecule has 0 radical (unpaired) electrons. The first kappa shape index (κ1) is 10.0. The molecular weight excluding hydrogens is 198 g/mol. The Bertz CT molecular complexity index is 302. The van der Waals surface area contributed by atoms with Crippen molar-refractivity contribution in [2.75, 3.05) is 0 Å². The number of hydrogen-bond acceptors (Lipinski definition) is 4. The highest BCUT2D eigenvalue weighted by Crippen LogP contribution is 2.27. The maximum Gasteiger partial charge on any atom is 0.408 e. The maximum atomic E-state index is 11.3. The minimum Gasteiger partial charge on any atom is -0.457 e. The molecule has 0 spiro atoms. The van der Waals surface area contributed by atoms with Crippen molar-refractivity contribution in [2.24, 2.45) is 0 Å². The van der Waals surface area contributed by atoms with Crippen LogP contribution < -0.4 is 5.32 Å². The zero-order valence-electron chi connectivity index (χ0n) is 8.27. The van der Waals surface area contributed by atoms with E-state index in [9.17, 15) is 9.59 Å². The molecule has 2 saturated heterocycles. The van der Waals surface area contributed by atoms with Crippen molar-refractivity contribution in [3.05, 3.63) is 12.7 Å². The third kappa shape index (κ3) is 1.82. The predicted octanol–water partition coefficient (Wildman–Crippen LogP) is 0.745. The van der Waals surface area contributed by atoms with E-state index in [0.29, 0.717) is 6.42 Å². The van der Waals surface area contributed by atoms with E-state index in [-0.39, 0.29) is 6.10 Å². The molecule has 2 heterocycles. The Kier molecular flexibility index (Phi) is 2.62. The Hall–Kier alpha value is -1.52. The number of alkyl carbamates (subject to hydrolysis) is 1. The summed E-state index contributed by atoms with van der Waals surface area (Å²) in [5.41, 5.74) is 0. The zero-order chi connectivity index (χ0) is 10.8. The van der Waals surface area contributed by atoms with Crippen molar-refractivity contribution in [1.29, 1.82) is 0 Å². The average Bonchev–Trinajstić information content (AvgIpc) is 2.69. The fourth-order valence-electron chi connectivity index (χ4n) is 1.89. The Balaban J connectivity index is 1.93. The van der Waals surface area contributed by atoms with Crippen LogP contribution in [0.2, 0.25) is 0 Å². The molecule has 0 bridgehead atoms. The van der Waals surface area contributed by atoms with Gasteiger partial charge in [0.1, 0.15) is 6.10 Å². The second-order valence-electron chi connectivity index (χ2n) is 3.69. The lowest BCUT2D eigenvalue weighted by Gasteiger charge is -2.13. The average molecular weight is 211 g/mol. The van der Waals surface area contributed by atoms with E-state index < -0.39 is 24.2 Å². The van der Waals surface area contributed by atoms with Crippen LogP contribution in [0.25, 0.3) is 0 Å². The molecule has 2 rings (SSSR count). The molecule has 1 N–H and O–H groups in total. The Morgan fingerprint density at radius 3 is 2.93 bits per heavy atom. The summed E-state index contributed by atoms with van der Waals surface area (Å²) in [6.45, 7) is 3.61. The molecule has 0 aliphatic carbocycles. The quantitative estimate of drug-likeness (QED) is 0.423. The number of allylic oxidation sites excluding steroid dienone is 1. The van der Waals surface area contributed by atoms with Crippen LogP contribution in [0, 0.1) is 0 Å². The normalized spacial score (nSPS) is 32.9. The van der Waals surface area contributed by atoms with Gasteiger partial charge in [-0.1, -0.05) is 6.08 Å². The van der Waals surface area contributed by atoms with Crippen molar-refractivity contribution >= 4 is 12.1 Å². The first-order valence-electron chi connectivity index (χ1n) is 5.01. The van der Waals surface area contributed by atoms with Gasteiger partial charge in [-0.2, -0.15) is 0 Å². The number of nitrogens with one attached hydrogen (secondary N) is 1. The highest BCUT2D eigenvalue weighted by Gasteiger charge is 2.52. The first-order chi connectivity index (χ1) is 7.22. The minimum absolute atomic E-state index is 0.304. The van der Waals surface area contributed by atoms with Crippen LogP contribution in [0.4, 0.5) is 4.79 Å². The molecule has 1 amide bonds. The van der Waals surface area contributed by atoms with E-state index in [2.05, 4.69) is 11.9 Å². The summed E-state index contributed by atoms with van der Waals surface area (Å²) in [6.07, 6.45) is 2.97. The van der Waals surface area contributed by atoms with Crippen molar-refractivity contribution in [1.82, 2.24) is 5.32 Å². The van der Waals surface area contributed by atoms with Crippen LogP contribution in [0.3, 0.4) is 0 Å². The van der Waals surface area contributed by atoms with Gasteiger partial charge in [0, 0.05) is 0 Å². The van der Waals surface area contributed by atoms with E-state index in [1.54, 1.807) is 0 Å². The van der Waals surface area contributed by atoms with Gasteiger partial charge in [0.2, 0.25) is 0 Å². The number of amides is 1. The monoisotopic (exact) mass is 211 g/mol. The molecule has 0 saturated carbocycles. The lowest BCUT2D eigenvalue weighted by atomic mass is 10.0. The number of fused-ring (bicyclic) bond motifs is 1. The van der Waals surface area contributed by atoms with Crippen molar-refractivity contribution < 1.29 is 19.1 Å². The smallest absolute Gasteiger partial charge is 0.408 e. The summed E-state index contributed by atoms with van der Waals surface area (Å²) in [6, 6.07) is -0.605. The van der Waals surface area contributed by atoms with Gasteiger partial charge in [0.05, 0.1) is 0 Å². The second kappa shape index (κ2) is 3.92. The molecule has 2 aliphatic heterocycles. The second-order valence-corrected chi connectivity index (χ2v) is 3.69. The SMILES string of the molecule is C=CCCCC1OC(=O)C2NC(=O)OC12. The Morgan fingerprint density at radius 2 is 2.20 bits per heavy atom. The summed E-state index contributed by atoms with van der Waals surface area (Å²) < 4.78 is 10.1. The molecule has 0 aromatic heterocycles. The third-order valence-electron chi connectivity index (χ3n) is 2.63. The van der Waals surface area contributed by atoms with Crippen molar-refractivity contribution in [3.8, 4) is 0 Å². The molecule has 3 atom stereocenters. The summed E-state index contributed by atoms with van der Waals surface area (Å²) >= 11 is 0. The summed E-state index contributed by atoms with van der Waals surface area (Å²) in [7, 11) is 0. The van der Waals surface area contributed by atoms with Gasteiger partial charge in [-0.05, 0) is 19.3 Å². The summed E-state index contributed by atoms with van der Waals surface area (Å²) in [5, 5.41) is 2.43. The molecule has 0 aromatic carbocycles. The zero-order valence-corrected chi connectivity index (χ0v) is 8.27. The first-order valence-corrected chi connectivity index (χ1v) is 5.01. The van der Waals surface area contributed by atoms with Crippen LogP contribution in [0.1, 0.15) is 19.3 Å². The minimum atomic E-state index is -0.605. The van der Waals surface area contributed by atoms with Gasteiger partial charge in [0.25, 0.3) is 0 Å². The van der Waals surface area contributed by atoms with Crippen LogP contribution >= 0.6 is 0 Å². The van der Waals surface area contributed by atoms with Crippen molar-refractivity contribution in [2.45, 2.75) is 37.5 Å². The van der Waals surface area contributed by atoms with E-state index in [4.69, 9.17) is 9.47 Å². The summed E-state index contributed by atoms with van der Waals surface area (Å²) in [4.78, 5) is 22.2. The lowest BCUT2D eigenvalue weighted by molar-refractivity contribution is -0.143. The van der Waals surface area contributed by atoms with Gasteiger partial charge in [-0.15, -0.1) is 6.58 Å². The largest absolute Gasteiger partial charge is 0.457 e. The molecule has 3 unspecified atom stereocenters. The topological polar surface area (TPSA) is 64.6 Å². The Morgan fingerprint density at radius 1 is 1.40 bits per heavy atom. The molecule has 0 aromatic rings. The van der Waals surface area contributed by atoms with Gasteiger partial charge in [-0.25, -0.2) is 9.59 Å². The standard InChI is InChI=1S/C10H13NO4/c1-2-3-4-5-6-8-7(9(12)14-6)11-10(13)15-8/h2,6-8H,1,3-5H2,(H,11,13). The van der Waals surface area contributed by atoms with Gasteiger partial charge < -0.3 is 14.8 Å². The molecule has 82 valence electrons. The van der Waals surface area contributed by atoms with Crippen molar-refractivity contribution in [3.63, 3.8) is 0 Å². The lowest BCUT2D eigenvalue weighted by Crippen LogP contribution is -2.35. The highest BCUT2D eigenvalue weighted by atomic mass is 16.6. The maximum absolute atomic E-state index is 11.3. The molecule has 2 aliphatic rings. The number of cyclic esters (lactones) is 1. The number of carbonyl (C=O) groups is 2. The fourth-order valence-corrected chi connectivity index (χ4v) is 1.89. The number of rotatable bonds is 4. The number of esters is 1. The fraction of sp³-hybridized carbons (Fsp3) is 0.600. The third-order valence-corrected chi connectivity index (χ3v) is 2.63. The molecule has 15 heavy (non-hydrogen) atoms. The van der Waals surface area contributed by atoms with E-state index >= 15 is 0 Å². The number of hydrogen-bond donors (Lipinski definition) is 1. The summed E-state index contributed by atoms with van der Waals surface area (Å²) in [5.74, 6) is -0.394. The molecule has 5 nitrogen and oxygen atoms in total. The number of ether oxygens (including phenoxy) is 2. The van der Waals surface area contributed by atoms with Gasteiger partial charge in [0.15, 0.2) is 12.1 Å². The Labute approximate surface area is 87.4 Å². The van der Waals surface area contributed by atoms with E-state index in [1.807, 2.05) is 6.08 Å². The molecule has 5 heteroatoms. The molecular formula is C10H13NO4. The van der Waals surface area contributed by atoms with E-state index in [1.165, 1.54) is 0 Å². The van der Waals surface area contributed by atoms with E-state index in [0.717, 1.165) is 12.8 Å².